The van der Waals surface area contributed by atoms with Crippen LogP contribution >= 0.6 is 23.1 Å². The molecule has 3 aromatic rings. The number of thiophene rings is 1. The van der Waals surface area contributed by atoms with Gasteiger partial charge in [-0.25, -0.2) is 0 Å². The Morgan fingerprint density at radius 1 is 1.03 bits per heavy atom. The van der Waals surface area contributed by atoms with E-state index in [2.05, 4.69) is 17.4 Å². The largest absolute Gasteiger partial charge is 0.339 e. The van der Waals surface area contributed by atoms with E-state index in [4.69, 9.17) is 10.8 Å². The quantitative estimate of drug-likeness (QED) is 0.257. The van der Waals surface area contributed by atoms with Gasteiger partial charge in [-0.1, -0.05) is 56.3 Å². The summed E-state index contributed by atoms with van der Waals surface area (Å²) in [6, 6.07) is 21.8. The second-order valence-electron chi connectivity index (χ2n) is 9.36. The van der Waals surface area contributed by atoms with Crippen LogP contribution in [0.25, 0.3) is 10.4 Å². The van der Waals surface area contributed by atoms with E-state index >= 15 is 0 Å². The highest BCUT2D eigenvalue weighted by Gasteiger charge is 2.40. The SMILES string of the molecule is CC(C)(C(=O)NC(=N)SC=N)C(c1ccccc1)c1ccc(-c2ccc(C(=O)N3CCCC3)cc2)s1. The van der Waals surface area contributed by atoms with E-state index in [1.165, 1.54) is 0 Å². The average molecular weight is 519 g/mol. The first-order valence-corrected chi connectivity index (χ1v) is 13.6. The van der Waals surface area contributed by atoms with Crippen LogP contribution in [0.15, 0.2) is 66.7 Å². The molecule has 6 nitrogen and oxygen atoms in total. The standard InChI is InChI=1S/C28H30N4O2S2/c1-28(2,26(34)31-27(30)35-18-29)24(20-8-4-3-5-9-20)23-15-14-22(36-23)19-10-12-21(13-11-19)25(33)32-16-6-7-17-32/h3-5,8-15,18,24,29H,6-7,16-17H2,1-2H3,(H2,30,31,34). The van der Waals surface area contributed by atoms with E-state index in [-0.39, 0.29) is 22.9 Å². The lowest BCUT2D eigenvalue weighted by Gasteiger charge is -2.33. The molecule has 1 fully saturated rings. The van der Waals surface area contributed by atoms with Crippen LogP contribution in [0, 0.1) is 16.2 Å². The van der Waals surface area contributed by atoms with Crippen molar-refractivity contribution >= 4 is 45.6 Å². The molecule has 1 unspecified atom stereocenters. The number of hydrogen-bond donors (Lipinski definition) is 3. The topological polar surface area (TPSA) is 97.1 Å². The highest BCUT2D eigenvalue weighted by molar-refractivity contribution is 8.24. The number of amides is 2. The fraction of sp³-hybridized carbons (Fsp3) is 0.286. The molecule has 1 atom stereocenters. The Morgan fingerprint density at radius 2 is 1.69 bits per heavy atom. The molecule has 0 aliphatic carbocycles. The summed E-state index contributed by atoms with van der Waals surface area (Å²) in [5, 5.41) is 17.7. The third kappa shape index (κ3) is 5.60. The Kier molecular flexibility index (Phi) is 8.06. The summed E-state index contributed by atoms with van der Waals surface area (Å²) in [6.07, 6.45) is 2.14. The fourth-order valence-corrected chi connectivity index (χ4v) is 6.21. The van der Waals surface area contributed by atoms with Gasteiger partial charge in [-0.2, -0.15) is 0 Å². The zero-order valence-electron chi connectivity index (χ0n) is 20.4. The number of nitrogens with zero attached hydrogens (tertiary/aromatic N) is 1. The molecule has 1 saturated heterocycles. The highest BCUT2D eigenvalue weighted by atomic mass is 32.2. The Hall–Kier alpha value is -3.23. The summed E-state index contributed by atoms with van der Waals surface area (Å²) < 4.78 is 0. The third-order valence-corrected chi connectivity index (χ3v) is 8.22. The van der Waals surface area contributed by atoms with Gasteiger partial charge in [-0.3, -0.25) is 15.0 Å². The van der Waals surface area contributed by atoms with Crippen LogP contribution in [0.3, 0.4) is 0 Å². The van der Waals surface area contributed by atoms with Gasteiger partial charge in [-0.15, -0.1) is 11.3 Å². The smallest absolute Gasteiger partial charge is 0.253 e. The van der Waals surface area contributed by atoms with Crippen LogP contribution in [0.4, 0.5) is 0 Å². The first-order chi connectivity index (χ1) is 17.3. The fourth-order valence-electron chi connectivity index (χ4n) is 4.61. The molecule has 2 amide bonds. The molecule has 8 heteroatoms. The predicted octanol–water partition coefficient (Wildman–Crippen LogP) is 6.20. The third-order valence-electron chi connectivity index (χ3n) is 6.56. The lowest BCUT2D eigenvalue weighted by molar-refractivity contribution is -0.128. The maximum Gasteiger partial charge on any atom is 0.253 e. The Bertz CT molecular complexity index is 1250. The van der Waals surface area contributed by atoms with E-state index in [1.807, 2.05) is 73.3 Å². The van der Waals surface area contributed by atoms with Crippen molar-refractivity contribution in [3.63, 3.8) is 0 Å². The minimum Gasteiger partial charge on any atom is -0.339 e. The van der Waals surface area contributed by atoms with Crippen LogP contribution in [-0.4, -0.2) is 40.5 Å². The van der Waals surface area contributed by atoms with Crippen molar-refractivity contribution in [1.29, 1.82) is 10.8 Å². The molecule has 4 rings (SSSR count). The zero-order valence-corrected chi connectivity index (χ0v) is 22.0. The lowest BCUT2D eigenvalue weighted by atomic mass is 9.73. The Morgan fingerprint density at radius 3 is 2.33 bits per heavy atom. The first kappa shape index (κ1) is 25.9. The number of hydrogen-bond acceptors (Lipinski definition) is 6. The van der Waals surface area contributed by atoms with Gasteiger partial charge < -0.3 is 15.6 Å². The van der Waals surface area contributed by atoms with Gasteiger partial charge >= 0.3 is 0 Å². The Labute approximate surface area is 220 Å². The number of carbonyl (C=O) groups excluding carboxylic acids is 2. The van der Waals surface area contributed by atoms with Gasteiger partial charge in [-0.05, 0) is 60.0 Å². The van der Waals surface area contributed by atoms with Crippen molar-refractivity contribution < 1.29 is 9.59 Å². The van der Waals surface area contributed by atoms with Gasteiger partial charge in [0.2, 0.25) is 5.91 Å². The molecule has 1 aliphatic heterocycles. The summed E-state index contributed by atoms with van der Waals surface area (Å²) in [4.78, 5) is 30.0. The van der Waals surface area contributed by atoms with Gasteiger partial charge in [0, 0.05) is 34.3 Å². The minimum atomic E-state index is -0.857. The molecule has 0 spiro atoms. The van der Waals surface area contributed by atoms with Crippen molar-refractivity contribution in [2.75, 3.05) is 13.1 Å². The second kappa shape index (κ2) is 11.2. The Balaban J connectivity index is 1.62. The molecule has 0 saturated carbocycles. The van der Waals surface area contributed by atoms with E-state index in [0.717, 1.165) is 64.1 Å². The molecule has 0 bridgehead atoms. The van der Waals surface area contributed by atoms with Gasteiger partial charge in [0.05, 0.1) is 11.0 Å². The van der Waals surface area contributed by atoms with Gasteiger partial charge in [0.1, 0.15) is 0 Å². The molecular formula is C28H30N4O2S2. The number of rotatable bonds is 7. The number of carbonyl (C=O) groups is 2. The molecule has 2 aromatic carbocycles. The number of benzene rings is 2. The maximum absolute atomic E-state index is 13.3. The van der Waals surface area contributed by atoms with Crippen molar-refractivity contribution in [3.8, 4) is 10.4 Å². The molecule has 2 heterocycles. The number of likely N-dealkylation sites (tertiary alicyclic amines) is 1. The second-order valence-corrected chi connectivity index (χ2v) is 11.4. The monoisotopic (exact) mass is 518 g/mol. The van der Waals surface area contributed by atoms with Crippen LogP contribution in [0.2, 0.25) is 0 Å². The van der Waals surface area contributed by atoms with Gasteiger partial charge in [0.25, 0.3) is 5.91 Å². The number of amidine groups is 1. The molecule has 3 N–H and O–H groups in total. The highest BCUT2D eigenvalue weighted by Crippen LogP contribution is 2.45. The van der Waals surface area contributed by atoms with Gasteiger partial charge in [0.15, 0.2) is 5.17 Å². The van der Waals surface area contributed by atoms with E-state index in [1.54, 1.807) is 11.3 Å². The van der Waals surface area contributed by atoms with Crippen molar-refractivity contribution in [1.82, 2.24) is 10.2 Å². The molecule has 186 valence electrons. The number of thioether (sulfide) groups is 1. The van der Waals surface area contributed by atoms with Crippen LogP contribution in [0.5, 0.6) is 0 Å². The number of nitrogens with one attached hydrogen (secondary N) is 3. The van der Waals surface area contributed by atoms with Crippen molar-refractivity contribution in [2.24, 2.45) is 5.41 Å². The summed E-state index contributed by atoms with van der Waals surface area (Å²) in [5.41, 5.74) is 2.93. The summed E-state index contributed by atoms with van der Waals surface area (Å²) in [7, 11) is 0. The zero-order chi connectivity index (χ0) is 25.7. The average Bonchev–Trinajstić information content (AvgIpc) is 3.58. The van der Waals surface area contributed by atoms with Crippen molar-refractivity contribution in [3.05, 3.63) is 82.7 Å². The van der Waals surface area contributed by atoms with E-state index in [0.29, 0.717) is 5.56 Å². The van der Waals surface area contributed by atoms with E-state index in [9.17, 15) is 9.59 Å². The molecule has 1 aromatic heterocycles. The van der Waals surface area contributed by atoms with E-state index < -0.39 is 5.41 Å². The summed E-state index contributed by atoms with van der Waals surface area (Å²) in [5.74, 6) is -0.406. The molecule has 0 radical (unpaired) electrons. The van der Waals surface area contributed by atoms with Crippen LogP contribution < -0.4 is 5.32 Å². The van der Waals surface area contributed by atoms with Crippen molar-refractivity contribution in [2.45, 2.75) is 32.6 Å². The van der Waals surface area contributed by atoms with Crippen LogP contribution in [0.1, 0.15) is 53.4 Å². The van der Waals surface area contributed by atoms with Crippen LogP contribution in [-0.2, 0) is 4.79 Å². The molecule has 36 heavy (non-hydrogen) atoms. The summed E-state index contributed by atoms with van der Waals surface area (Å²) >= 11 is 2.49. The predicted molar refractivity (Wildman–Crippen MR) is 149 cm³/mol. The first-order valence-electron chi connectivity index (χ1n) is 11.9. The normalized spacial score (nSPS) is 14.3. The molecular weight excluding hydrogens is 488 g/mol. The minimum absolute atomic E-state index is 0.0645. The summed E-state index contributed by atoms with van der Waals surface area (Å²) in [6.45, 7) is 5.44. The lowest BCUT2D eigenvalue weighted by Crippen LogP contribution is -2.42. The maximum atomic E-state index is 13.3. The molecule has 1 aliphatic rings.